The second-order valence-electron chi connectivity index (χ2n) is 25.7. The van der Waals surface area contributed by atoms with Gasteiger partial charge in [-0.1, -0.05) is 331 Å². The van der Waals surface area contributed by atoms with Gasteiger partial charge in [-0.05, 0) is 89.9 Å². The van der Waals surface area contributed by atoms with Crippen LogP contribution in [-0.2, 0) is 23.9 Å². The smallest absolute Gasteiger partial charge is 0.329 e. The quantitative estimate of drug-likeness (QED) is 0.0485. The third-order valence-corrected chi connectivity index (χ3v) is 17.8. The maximum absolute atomic E-state index is 15.1. The van der Waals surface area contributed by atoms with Crippen LogP contribution in [0.25, 0.3) is 0 Å². The van der Waals surface area contributed by atoms with Crippen LogP contribution in [0.1, 0.15) is 434 Å². The van der Waals surface area contributed by atoms with Gasteiger partial charge in [-0.25, -0.2) is 4.79 Å². The molecular weight excluding hydrogens is 971 g/mol. The molecule has 0 saturated heterocycles. The van der Waals surface area contributed by atoms with Crippen molar-refractivity contribution in [2.24, 2.45) is 0 Å². The molecule has 0 fully saturated rings. The predicted octanol–water partition coefficient (Wildman–Crippen LogP) is 24.6. The van der Waals surface area contributed by atoms with Crippen LogP contribution in [0.3, 0.4) is 0 Å². The summed E-state index contributed by atoms with van der Waals surface area (Å²) in [5.74, 6) is -0.597. The molecule has 6 heteroatoms. The third-order valence-electron chi connectivity index (χ3n) is 17.8. The van der Waals surface area contributed by atoms with Crippen LogP contribution in [0.4, 0.5) is 0 Å². The Hall–Kier alpha value is -1.59. The average Bonchev–Trinajstić information content (AvgIpc) is 3.45. The lowest BCUT2D eigenvalue weighted by molar-refractivity contribution is -0.168. The lowest BCUT2D eigenvalue weighted by Crippen LogP contribution is -2.47. The van der Waals surface area contributed by atoms with Gasteiger partial charge < -0.3 is 14.8 Å². The molecule has 1 atom stereocenters. The molecule has 0 aromatic carbocycles. The van der Waals surface area contributed by atoms with Gasteiger partial charge in [0.1, 0.15) is 17.2 Å². The van der Waals surface area contributed by atoms with Gasteiger partial charge in [-0.2, -0.15) is 0 Å². The van der Waals surface area contributed by atoms with Crippen LogP contribution in [0.15, 0.2) is 0 Å². The van der Waals surface area contributed by atoms with Crippen molar-refractivity contribution in [3.05, 3.63) is 0 Å². The summed E-state index contributed by atoms with van der Waals surface area (Å²) in [5.41, 5.74) is -1.02. The lowest BCUT2D eigenvalue weighted by atomic mass is 9.84. The van der Waals surface area contributed by atoms with E-state index in [1.807, 2.05) is 0 Å². The van der Waals surface area contributed by atoms with Crippen LogP contribution in [-0.4, -0.2) is 35.1 Å². The van der Waals surface area contributed by atoms with Crippen LogP contribution in [0.2, 0.25) is 0 Å². The average molecular weight is 1110 g/mol. The van der Waals surface area contributed by atoms with Gasteiger partial charge in [0.15, 0.2) is 0 Å². The molecule has 0 heterocycles. The van der Waals surface area contributed by atoms with Gasteiger partial charge in [-0.3, -0.25) is 9.59 Å². The Labute approximate surface area is 495 Å². The summed E-state index contributed by atoms with van der Waals surface area (Å²) in [7, 11) is 0. The fourth-order valence-electron chi connectivity index (χ4n) is 12.4. The zero-order valence-corrected chi connectivity index (χ0v) is 55.0. The molecule has 1 N–H and O–H groups in total. The van der Waals surface area contributed by atoms with E-state index in [-0.39, 0.29) is 30.7 Å². The first kappa shape index (κ1) is 77.4. The van der Waals surface area contributed by atoms with Crippen molar-refractivity contribution in [2.75, 3.05) is 0 Å². The first-order chi connectivity index (χ1) is 38.7. The first-order valence-corrected chi connectivity index (χ1v) is 36.4. The Morgan fingerprint density at radius 1 is 0.278 bits per heavy atom. The Bertz CT molecular complexity index is 1250. The molecule has 79 heavy (non-hydrogen) atoms. The number of esters is 2. The first-order valence-electron chi connectivity index (χ1n) is 36.4. The molecule has 0 aliphatic carbocycles. The molecule has 0 aliphatic heterocycles. The van der Waals surface area contributed by atoms with Gasteiger partial charge >= 0.3 is 11.9 Å². The molecule has 0 bridgehead atoms. The molecule has 1 amide bonds. The summed E-state index contributed by atoms with van der Waals surface area (Å²) in [6.45, 7) is 16.0. The number of unbranched alkanes of at least 4 members (excludes halogenated alkanes) is 44. The molecule has 0 spiro atoms. The van der Waals surface area contributed by atoms with E-state index in [2.05, 4.69) is 53.8 Å². The molecule has 0 aromatic heterocycles. The number of hydrogen-bond donors (Lipinski definition) is 1. The van der Waals surface area contributed by atoms with Gasteiger partial charge in [0.25, 0.3) is 0 Å². The maximum Gasteiger partial charge on any atom is 0.329 e. The number of carbonyl (C=O) groups excluding carboxylic acids is 3. The van der Waals surface area contributed by atoms with Crippen molar-refractivity contribution in [3.8, 4) is 0 Å². The minimum absolute atomic E-state index is 0.0829. The molecule has 0 aromatic rings. The van der Waals surface area contributed by atoms with E-state index < -0.39 is 17.2 Å². The van der Waals surface area contributed by atoms with E-state index in [1.54, 1.807) is 0 Å². The van der Waals surface area contributed by atoms with Gasteiger partial charge in [0.05, 0.1) is 0 Å². The Morgan fingerprint density at radius 2 is 0.494 bits per heavy atom. The summed E-state index contributed by atoms with van der Waals surface area (Å²) in [5, 5.41) is 3.23. The normalized spacial score (nSPS) is 12.3. The number of rotatable bonds is 65. The Morgan fingerprint density at radius 3 is 0.747 bits per heavy atom. The van der Waals surface area contributed by atoms with E-state index >= 15 is 4.79 Å². The summed E-state index contributed by atoms with van der Waals surface area (Å²) in [4.78, 5) is 43.8. The van der Waals surface area contributed by atoms with Crippen LogP contribution in [0, 0.1) is 0 Å². The van der Waals surface area contributed by atoms with E-state index in [1.165, 1.54) is 257 Å². The molecule has 0 aliphatic rings. The topological polar surface area (TPSA) is 81.7 Å². The highest BCUT2D eigenvalue weighted by Crippen LogP contribution is 2.36. The van der Waals surface area contributed by atoms with Crippen molar-refractivity contribution in [2.45, 2.75) is 451 Å². The summed E-state index contributed by atoms with van der Waals surface area (Å²) >= 11 is 0. The lowest BCUT2D eigenvalue weighted by Gasteiger charge is -2.36. The van der Waals surface area contributed by atoms with Crippen molar-refractivity contribution in [3.63, 3.8) is 0 Å². The molecule has 470 valence electrons. The highest BCUT2D eigenvalue weighted by molar-refractivity contribution is 5.85. The molecule has 0 rings (SSSR count). The van der Waals surface area contributed by atoms with E-state index in [0.29, 0.717) is 6.42 Å². The van der Waals surface area contributed by atoms with Crippen LogP contribution in [0.5, 0.6) is 0 Å². The Balaban J connectivity index is 6.81. The molecule has 0 saturated carbocycles. The standard InChI is InChI=1S/C73H143NO5/c1-8-15-22-29-36-39-42-45-52-59-69(75)74-68(71(77)79-73(65-56-48-34-27-20-13-6,66-57-49-35-28-21-14-7)67-58-51-44-41-38-31-24-17-10-3)60-61-70(76)78-72(62-53-46-32-25-18-11-4,63-54-47-33-26-19-12-5)64-55-50-43-40-37-30-23-16-9-2/h68H,8-67H2,1-7H3,(H,74,75)/t68-/m0/s1. The van der Waals surface area contributed by atoms with Gasteiger partial charge in [0, 0.05) is 12.8 Å². The van der Waals surface area contributed by atoms with E-state index in [9.17, 15) is 9.59 Å². The van der Waals surface area contributed by atoms with Gasteiger partial charge in [-0.15, -0.1) is 0 Å². The zero-order valence-electron chi connectivity index (χ0n) is 55.0. The summed E-state index contributed by atoms with van der Waals surface area (Å²) in [6.07, 6.45) is 68.8. The number of ether oxygens (including phenoxy) is 2. The number of amides is 1. The van der Waals surface area contributed by atoms with Crippen LogP contribution >= 0.6 is 0 Å². The largest absolute Gasteiger partial charge is 0.459 e. The maximum atomic E-state index is 15.1. The SMILES string of the molecule is CCCCCCCCCCCC(=O)N[C@@H](CCC(=O)OC(CCCCCCCC)(CCCCCCCC)CCCCCCCCCCC)C(=O)OC(CCCCCCCC)(CCCCCCCC)CCCCCCCCCCC. The fourth-order valence-corrected chi connectivity index (χ4v) is 12.4. The highest BCUT2D eigenvalue weighted by atomic mass is 16.6. The minimum atomic E-state index is -0.862. The molecular formula is C73H143NO5. The minimum Gasteiger partial charge on any atom is -0.459 e. The molecule has 0 radical (unpaired) electrons. The van der Waals surface area contributed by atoms with E-state index in [0.717, 1.165) is 109 Å². The van der Waals surface area contributed by atoms with Crippen molar-refractivity contribution in [1.82, 2.24) is 5.32 Å². The van der Waals surface area contributed by atoms with Crippen LogP contribution < -0.4 is 5.32 Å². The monoisotopic (exact) mass is 1110 g/mol. The van der Waals surface area contributed by atoms with E-state index in [4.69, 9.17) is 9.47 Å². The fraction of sp³-hybridized carbons (Fsp3) is 0.959. The molecule has 0 unspecified atom stereocenters. The molecule has 6 nitrogen and oxygen atoms in total. The number of nitrogens with one attached hydrogen (secondary N) is 1. The Kier molecular flexibility index (Phi) is 58.4. The third kappa shape index (κ3) is 49.5. The van der Waals surface area contributed by atoms with Crippen molar-refractivity contribution in [1.29, 1.82) is 0 Å². The second kappa shape index (κ2) is 59.6. The predicted molar refractivity (Wildman–Crippen MR) is 346 cm³/mol. The highest BCUT2D eigenvalue weighted by Gasteiger charge is 2.38. The van der Waals surface area contributed by atoms with Gasteiger partial charge in [0.2, 0.25) is 5.91 Å². The van der Waals surface area contributed by atoms with Crippen molar-refractivity contribution >= 4 is 17.8 Å². The zero-order chi connectivity index (χ0) is 57.9. The summed E-state index contributed by atoms with van der Waals surface area (Å²) < 4.78 is 14.0. The second-order valence-corrected chi connectivity index (χ2v) is 25.7. The summed E-state index contributed by atoms with van der Waals surface area (Å²) in [6, 6.07) is -0.862. The number of hydrogen-bond acceptors (Lipinski definition) is 5. The van der Waals surface area contributed by atoms with Crippen molar-refractivity contribution < 1.29 is 23.9 Å². The number of carbonyl (C=O) groups is 3.